The van der Waals surface area contributed by atoms with E-state index < -0.39 is 0 Å². The molecule has 0 aliphatic heterocycles. The minimum absolute atomic E-state index is 0.330. The number of nitrogens with zero attached hydrogens (tertiary/aromatic N) is 1. The molecule has 1 aromatic heterocycles. The molecule has 3 aromatic rings. The predicted octanol–water partition coefficient (Wildman–Crippen LogP) is 5.55. The zero-order valence-electron chi connectivity index (χ0n) is 15.0. The zero-order chi connectivity index (χ0) is 17.3. The average Bonchev–Trinajstić information content (AvgIpc) is 2.86. The summed E-state index contributed by atoms with van der Waals surface area (Å²) < 4.78 is 2.14. The van der Waals surface area contributed by atoms with Crippen LogP contribution >= 0.6 is 0 Å². The Bertz CT molecular complexity index is 825. The Kier molecular flexibility index (Phi) is 4.48. The van der Waals surface area contributed by atoms with E-state index in [1.54, 1.807) is 0 Å². The molecule has 1 heterocycles. The molecular weight excluding hydrogens is 298 g/mol. The van der Waals surface area contributed by atoms with Crippen LogP contribution in [0.25, 0.3) is 10.9 Å². The van der Waals surface area contributed by atoms with Crippen LogP contribution in [0.15, 0.2) is 54.7 Å². The van der Waals surface area contributed by atoms with Gasteiger partial charge in [0.2, 0.25) is 0 Å². The van der Waals surface area contributed by atoms with Gasteiger partial charge in [-0.2, -0.15) is 0 Å². The van der Waals surface area contributed by atoms with E-state index >= 15 is 0 Å². The summed E-state index contributed by atoms with van der Waals surface area (Å²) in [6.45, 7) is 10.2. The monoisotopic (exact) mass is 323 g/mol. The molecule has 1 unspecified atom stereocenters. The standard InChI is InChI=1S/C21H25NO2/c1-15-10-12-17(13-11-15)20(23-24-21(3,4)5)22-14-16(2)18-8-6-7-9-19(18)22/h6-14,20H,1-5H3. The first-order valence-electron chi connectivity index (χ1n) is 8.32. The van der Waals surface area contributed by atoms with E-state index in [1.165, 1.54) is 16.5 Å². The largest absolute Gasteiger partial charge is 0.315 e. The van der Waals surface area contributed by atoms with Crippen molar-refractivity contribution in [3.8, 4) is 0 Å². The predicted molar refractivity (Wildman–Crippen MR) is 97.9 cm³/mol. The van der Waals surface area contributed by atoms with E-state index in [1.807, 2.05) is 20.8 Å². The maximum Gasteiger partial charge on any atom is 0.194 e. The van der Waals surface area contributed by atoms with Crippen LogP contribution in [0.5, 0.6) is 0 Å². The van der Waals surface area contributed by atoms with Gasteiger partial charge < -0.3 is 4.57 Å². The van der Waals surface area contributed by atoms with Crippen molar-refractivity contribution in [1.82, 2.24) is 4.57 Å². The van der Waals surface area contributed by atoms with Crippen LogP contribution in [0.3, 0.4) is 0 Å². The molecule has 0 amide bonds. The Balaban J connectivity index is 2.07. The molecule has 0 N–H and O–H groups in total. The van der Waals surface area contributed by atoms with Gasteiger partial charge in [-0.3, -0.25) is 0 Å². The second kappa shape index (κ2) is 6.42. The Labute approximate surface area is 143 Å². The maximum absolute atomic E-state index is 5.90. The van der Waals surface area contributed by atoms with Gasteiger partial charge in [0.1, 0.15) is 0 Å². The minimum Gasteiger partial charge on any atom is -0.315 e. The Morgan fingerprint density at radius 1 is 0.917 bits per heavy atom. The third-order valence-electron chi connectivity index (χ3n) is 3.94. The summed E-state index contributed by atoms with van der Waals surface area (Å²) >= 11 is 0. The van der Waals surface area contributed by atoms with Crippen LogP contribution in [0.4, 0.5) is 0 Å². The first-order valence-corrected chi connectivity index (χ1v) is 8.32. The molecule has 3 nitrogen and oxygen atoms in total. The summed E-state index contributed by atoms with van der Waals surface area (Å²) in [6, 6.07) is 16.7. The minimum atomic E-state index is -0.374. The highest BCUT2D eigenvalue weighted by molar-refractivity contribution is 5.83. The van der Waals surface area contributed by atoms with Crippen molar-refractivity contribution in [2.75, 3.05) is 0 Å². The smallest absolute Gasteiger partial charge is 0.194 e. The molecule has 1 atom stereocenters. The van der Waals surface area contributed by atoms with Crippen molar-refractivity contribution < 1.29 is 9.78 Å². The summed E-state index contributed by atoms with van der Waals surface area (Å²) in [6.07, 6.45) is 1.80. The van der Waals surface area contributed by atoms with Crippen LogP contribution < -0.4 is 0 Å². The van der Waals surface area contributed by atoms with Gasteiger partial charge in [-0.1, -0.05) is 48.0 Å². The molecule has 0 aliphatic rings. The number of aromatic nitrogens is 1. The van der Waals surface area contributed by atoms with Crippen molar-refractivity contribution in [2.24, 2.45) is 0 Å². The normalized spacial score (nSPS) is 13.4. The summed E-state index contributed by atoms with van der Waals surface area (Å²) in [5.41, 5.74) is 4.27. The molecule has 126 valence electrons. The number of benzene rings is 2. The van der Waals surface area contributed by atoms with Crippen molar-refractivity contribution in [3.63, 3.8) is 0 Å². The molecule has 0 bridgehead atoms. The molecule has 0 aliphatic carbocycles. The van der Waals surface area contributed by atoms with E-state index in [4.69, 9.17) is 9.78 Å². The van der Waals surface area contributed by atoms with Crippen LogP contribution in [-0.4, -0.2) is 10.2 Å². The summed E-state index contributed by atoms with van der Waals surface area (Å²) in [4.78, 5) is 11.6. The first-order chi connectivity index (χ1) is 11.3. The van der Waals surface area contributed by atoms with Gasteiger partial charge in [-0.15, -0.1) is 0 Å². The molecule has 2 aromatic carbocycles. The SMILES string of the molecule is Cc1ccc(C(OOC(C)(C)C)n2cc(C)c3ccccc32)cc1. The quantitative estimate of drug-likeness (QED) is 0.464. The van der Waals surface area contributed by atoms with E-state index in [2.05, 4.69) is 73.1 Å². The Morgan fingerprint density at radius 2 is 1.58 bits per heavy atom. The van der Waals surface area contributed by atoms with Gasteiger partial charge >= 0.3 is 0 Å². The lowest BCUT2D eigenvalue weighted by atomic mass is 10.1. The van der Waals surface area contributed by atoms with E-state index in [0.29, 0.717) is 0 Å². The van der Waals surface area contributed by atoms with Gasteiger partial charge in [0.25, 0.3) is 0 Å². The van der Waals surface area contributed by atoms with Crippen molar-refractivity contribution >= 4 is 10.9 Å². The van der Waals surface area contributed by atoms with Crippen molar-refractivity contribution in [1.29, 1.82) is 0 Å². The van der Waals surface area contributed by atoms with Gasteiger partial charge in [0, 0.05) is 17.1 Å². The molecule has 0 spiro atoms. The summed E-state index contributed by atoms with van der Waals surface area (Å²) in [5.74, 6) is 0. The number of aryl methyl sites for hydroxylation is 2. The zero-order valence-corrected chi connectivity index (χ0v) is 15.0. The molecule has 0 saturated carbocycles. The Morgan fingerprint density at radius 3 is 2.25 bits per heavy atom. The maximum atomic E-state index is 5.90. The average molecular weight is 323 g/mol. The third-order valence-corrected chi connectivity index (χ3v) is 3.94. The number of hydrogen-bond donors (Lipinski definition) is 0. The number of fused-ring (bicyclic) bond motifs is 1. The van der Waals surface area contributed by atoms with Gasteiger partial charge in [-0.25, -0.2) is 9.78 Å². The fourth-order valence-corrected chi connectivity index (χ4v) is 2.76. The fraction of sp³-hybridized carbons (Fsp3) is 0.333. The molecule has 24 heavy (non-hydrogen) atoms. The second-order valence-electron chi connectivity index (χ2n) is 7.29. The second-order valence-corrected chi connectivity index (χ2v) is 7.29. The third kappa shape index (κ3) is 3.53. The Hall–Kier alpha value is -2.10. The molecule has 3 rings (SSSR count). The van der Waals surface area contributed by atoms with E-state index in [-0.39, 0.29) is 11.8 Å². The molecule has 0 fully saturated rings. The van der Waals surface area contributed by atoms with Gasteiger partial charge in [-0.05, 0) is 46.2 Å². The molecular formula is C21H25NO2. The highest BCUT2D eigenvalue weighted by atomic mass is 17.2. The van der Waals surface area contributed by atoms with Crippen LogP contribution in [0.2, 0.25) is 0 Å². The lowest BCUT2D eigenvalue weighted by Gasteiger charge is -2.25. The highest BCUT2D eigenvalue weighted by Gasteiger charge is 2.22. The summed E-state index contributed by atoms with van der Waals surface area (Å²) in [7, 11) is 0. The lowest BCUT2D eigenvalue weighted by Crippen LogP contribution is -2.24. The van der Waals surface area contributed by atoms with E-state index in [9.17, 15) is 0 Å². The first kappa shape index (κ1) is 16.7. The van der Waals surface area contributed by atoms with Crippen LogP contribution in [-0.2, 0) is 9.78 Å². The van der Waals surface area contributed by atoms with E-state index in [0.717, 1.165) is 11.1 Å². The van der Waals surface area contributed by atoms with Gasteiger partial charge in [0.15, 0.2) is 6.23 Å². The fourth-order valence-electron chi connectivity index (χ4n) is 2.76. The van der Waals surface area contributed by atoms with Crippen molar-refractivity contribution in [3.05, 3.63) is 71.4 Å². The van der Waals surface area contributed by atoms with Gasteiger partial charge in [0.05, 0.1) is 11.1 Å². The van der Waals surface area contributed by atoms with Crippen LogP contribution in [0, 0.1) is 13.8 Å². The van der Waals surface area contributed by atoms with Crippen molar-refractivity contribution in [2.45, 2.75) is 46.4 Å². The molecule has 0 radical (unpaired) electrons. The summed E-state index contributed by atoms with van der Waals surface area (Å²) in [5, 5.41) is 1.23. The highest BCUT2D eigenvalue weighted by Crippen LogP contribution is 2.30. The molecule has 3 heteroatoms. The number of rotatable bonds is 4. The number of hydrogen-bond acceptors (Lipinski definition) is 2. The topological polar surface area (TPSA) is 23.4 Å². The lowest BCUT2D eigenvalue weighted by molar-refractivity contribution is -0.380. The van der Waals surface area contributed by atoms with Crippen LogP contribution in [0.1, 0.15) is 43.7 Å². The molecule has 0 saturated heterocycles. The number of para-hydroxylation sites is 1.